The van der Waals surface area contributed by atoms with Crippen LogP contribution in [0, 0.1) is 0 Å². The van der Waals surface area contributed by atoms with Crippen LogP contribution in [0.2, 0.25) is 0 Å². The van der Waals surface area contributed by atoms with Gasteiger partial charge in [0, 0.05) is 0 Å². The topological polar surface area (TPSA) is 9.23 Å². The third-order valence-corrected chi connectivity index (χ3v) is 2.17. The molecule has 1 heteroatoms. The SMILES string of the molecule is C/C=C\COC1(C)CCC1. The fourth-order valence-corrected chi connectivity index (χ4v) is 1.16. The van der Waals surface area contributed by atoms with Gasteiger partial charge in [-0.1, -0.05) is 12.2 Å². The number of allylic oxidation sites excluding steroid dienone is 1. The highest BCUT2D eigenvalue weighted by molar-refractivity contribution is 4.87. The summed E-state index contributed by atoms with van der Waals surface area (Å²) >= 11 is 0. The lowest BCUT2D eigenvalue weighted by Gasteiger charge is -2.37. The van der Waals surface area contributed by atoms with Crippen LogP contribution in [0.1, 0.15) is 33.1 Å². The number of hydrogen-bond donors (Lipinski definition) is 0. The lowest BCUT2D eigenvalue weighted by molar-refractivity contribution is -0.0731. The van der Waals surface area contributed by atoms with Crippen molar-refractivity contribution in [3.63, 3.8) is 0 Å². The molecule has 0 unspecified atom stereocenters. The monoisotopic (exact) mass is 140 g/mol. The second kappa shape index (κ2) is 3.20. The van der Waals surface area contributed by atoms with Gasteiger partial charge in [-0.25, -0.2) is 0 Å². The molecule has 58 valence electrons. The normalized spacial score (nSPS) is 23.0. The quantitative estimate of drug-likeness (QED) is 0.547. The summed E-state index contributed by atoms with van der Waals surface area (Å²) < 4.78 is 5.62. The van der Waals surface area contributed by atoms with Crippen LogP contribution in [0.25, 0.3) is 0 Å². The molecule has 0 atom stereocenters. The molecule has 1 saturated carbocycles. The lowest BCUT2D eigenvalue weighted by Crippen LogP contribution is -2.36. The molecule has 0 N–H and O–H groups in total. The van der Waals surface area contributed by atoms with Crippen LogP contribution < -0.4 is 0 Å². The summed E-state index contributed by atoms with van der Waals surface area (Å²) in [5, 5.41) is 0. The van der Waals surface area contributed by atoms with E-state index in [1.807, 2.05) is 13.0 Å². The highest BCUT2D eigenvalue weighted by Crippen LogP contribution is 2.34. The number of ether oxygens (including phenoxy) is 1. The molecule has 1 nitrogen and oxygen atoms in total. The van der Waals surface area contributed by atoms with Crippen molar-refractivity contribution in [3.8, 4) is 0 Å². The minimum Gasteiger partial charge on any atom is -0.371 e. The van der Waals surface area contributed by atoms with E-state index in [0.717, 1.165) is 6.61 Å². The van der Waals surface area contributed by atoms with Gasteiger partial charge in [0.05, 0.1) is 12.2 Å². The van der Waals surface area contributed by atoms with Crippen LogP contribution in [0.3, 0.4) is 0 Å². The molecular formula is C9H16O. The molecule has 0 heterocycles. The fourth-order valence-electron chi connectivity index (χ4n) is 1.16. The van der Waals surface area contributed by atoms with Crippen LogP contribution in [0.15, 0.2) is 12.2 Å². The van der Waals surface area contributed by atoms with E-state index in [-0.39, 0.29) is 5.60 Å². The van der Waals surface area contributed by atoms with Crippen molar-refractivity contribution in [2.24, 2.45) is 0 Å². The van der Waals surface area contributed by atoms with E-state index in [4.69, 9.17) is 4.74 Å². The van der Waals surface area contributed by atoms with Gasteiger partial charge in [-0.05, 0) is 33.1 Å². The van der Waals surface area contributed by atoms with E-state index in [1.165, 1.54) is 19.3 Å². The fraction of sp³-hybridized carbons (Fsp3) is 0.778. The van der Waals surface area contributed by atoms with Crippen molar-refractivity contribution in [3.05, 3.63) is 12.2 Å². The first-order valence-corrected chi connectivity index (χ1v) is 4.02. The third-order valence-electron chi connectivity index (χ3n) is 2.17. The van der Waals surface area contributed by atoms with Gasteiger partial charge in [-0.15, -0.1) is 0 Å². The molecule has 1 aliphatic carbocycles. The van der Waals surface area contributed by atoms with Gasteiger partial charge in [-0.2, -0.15) is 0 Å². The van der Waals surface area contributed by atoms with Gasteiger partial charge in [0.1, 0.15) is 0 Å². The van der Waals surface area contributed by atoms with E-state index in [0.29, 0.717) is 0 Å². The Morgan fingerprint density at radius 2 is 2.20 bits per heavy atom. The standard InChI is InChI=1S/C9H16O/c1-3-4-8-10-9(2)6-5-7-9/h3-4H,5-8H2,1-2H3/b4-3-. The largest absolute Gasteiger partial charge is 0.371 e. The summed E-state index contributed by atoms with van der Waals surface area (Å²) in [4.78, 5) is 0. The maximum Gasteiger partial charge on any atom is 0.0658 e. The average Bonchev–Trinajstić information content (AvgIpc) is 1.85. The zero-order chi connectivity index (χ0) is 7.45. The van der Waals surface area contributed by atoms with Crippen LogP contribution in [0.4, 0.5) is 0 Å². The predicted octanol–water partition coefficient (Wildman–Crippen LogP) is 2.52. The Morgan fingerprint density at radius 3 is 2.60 bits per heavy atom. The van der Waals surface area contributed by atoms with E-state index < -0.39 is 0 Å². The molecule has 1 rings (SSSR count). The molecular weight excluding hydrogens is 124 g/mol. The zero-order valence-electron chi connectivity index (χ0n) is 6.89. The first-order chi connectivity index (χ1) is 4.77. The van der Waals surface area contributed by atoms with Gasteiger partial charge in [0.25, 0.3) is 0 Å². The van der Waals surface area contributed by atoms with Crippen molar-refractivity contribution in [2.75, 3.05) is 6.61 Å². The summed E-state index contributed by atoms with van der Waals surface area (Å²) in [6, 6.07) is 0. The molecule has 0 amide bonds. The molecule has 0 bridgehead atoms. The smallest absolute Gasteiger partial charge is 0.0658 e. The molecule has 0 aromatic heterocycles. The van der Waals surface area contributed by atoms with Gasteiger partial charge >= 0.3 is 0 Å². The van der Waals surface area contributed by atoms with Crippen molar-refractivity contribution in [1.82, 2.24) is 0 Å². The Labute approximate surface area is 63.1 Å². The molecule has 0 aromatic carbocycles. The van der Waals surface area contributed by atoms with Crippen molar-refractivity contribution < 1.29 is 4.74 Å². The Kier molecular flexibility index (Phi) is 2.50. The van der Waals surface area contributed by atoms with E-state index in [1.54, 1.807) is 0 Å². The molecule has 0 saturated heterocycles. The molecule has 0 radical (unpaired) electrons. The Hall–Kier alpha value is -0.300. The number of hydrogen-bond acceptors (Lipinski definition) is 1. The summed E-state index contributed by atoms with van der Waals surface area (Å²) in [6.45, 7) is 5.00. The summed E-state index contributed by atoms with van der Waals surface area (Å²) in [6.07, 6.45) is 7.91. The van der Waals surface area contributed by atoms with Crippen LogP contribution >= 0.6 is 0 Å². The van der Waals surface area contributed by atoms with Gasteiger partial charge in [0.15, 0.2) is 0 Å². The third kappa shape index (κ3) is 1.84. The minimum atomic E-state index is 0.222. The maximum atomic E-state index is 5.62. The van der Waals surface area contributed by atoms with Gasteiger partial charge < -0.3 is 4.74 Å². The van der Waals surface area contributed by atoms with E-state index >= 15 is 0 Å². The first kappa shape index (κ1) is 7.80. The first-order valence-electron chi connectivity index (χ1n) is 4.02. The molecule has 0 aromatic rings. The van der Waals surface area contributed by atoms with Gasteiger partial charge in [0.2, 0.25) is 0 Å². The Morgan fingerprint density at radius 1 is 1.50 bits per heavy atom. The Balaban J connectivity index is 2.12. The highest BCUT2D eigenvalue weighted by Gasteiger charge is 2.31. The van der Waals surface area contributed by atoms with Gasteiger partial charge in [-0.3, -0.25) is 0 Å². The van der Waals surface area contributed by atoms with Crippen LogP contribution in [-0.2, 0) is 4.74 Å². The second-order valence-corrected chi connectivity index (χ2v) is 3.18. The van der Waals surface area contributed by atoms with E-state index in [2.05, 4.69) is 13.0 Å². The van der Waals surface area contributed by atoms with Crippen LogP contribution in [-0.4, -0.2) is 12.2 Å². The predicted molar refractivity (Wildman–Crippen MR) is 43.0 cm³/mol. The molecule has 1 fully saturated rings. The lowest BCUT2D eigenvalue weighted by atomic mass is 9.82. The summed E-state index contributed by atoms with van der Waals surface area (Å²) in [7, 11) is 0. The molecule has 1 aliphatic rings. The highest BCUT2D eigenvalue weighted by atomic mass is 16.5. The van der Waals surface area contributed by atoms with E-state index in [9.17, 15) is 0 Å². The minimum absolute atomic E-state index is 0.222. The Bertz CT molecular complexity index is 123. The molecule has 0 aliphatic heterocycles. The molecule has 10 heavy (non-hydrogen) atoms. The maximum absolute atomic E-state index is 5.62. The van der Waals surface area contributed by atoms with Crippen molar-refractivity contribution in [2.45, 2.75) is 38.7 Å². The second-order valence-electron chi connectivity index (χ2n) is 3.18. The number of rotatable bonds is 3. The van der Waals surface area contributed by atoms with Crippen molar-refractivity contribution in [1.29, 1.82) is 0 Å². The summed E-state index contributed by atoms with van der Waals surface area (Å²) in [5.74, 6) is 0. The zero-order valence-corrected chi connectivity index (χ0v) is 6.89. The summed E-state index contributed by atoms with van der Waals surface area (Å²) in [5.41, 5.74) is 0.222. The van der Waals surface area contributed by atoms with Crippen LogP contribution in [0.5, 0.6) is 0 Å². The molecule has 0 spiro atoms. The van der Waals surface area contributed by atoms with Crippen molar-refractivity contribution >= 4 is 0 Å². The average molecular weight is 140 g/mol.